The molecule has 16 heavy (non-hydrogen) atoms. The average molecular weight is 235 g/mol. The van der Waals surface area contributed by atoms with Crippen LogP contribution >= 0.6 is 12.2 Å². The van der Waals surface area contributed by atoms with Crippen LogP contribution in [-0.4, -0.2) is 23.1 Å². The lowest BCUT2D eigenvalue weighted by Gasteiger charge is -2.27. The summed E-state index contributed by atoms with van der Waals surface area (Å²) in [6, 6.07) is 0. The minimum atomic E-state index is 0.826. The SMILES string of the molecule is S=c1nc(N2CCCCC2)[nH]c2c1CCC2. The van der Waals surface area contributed by atoms with Crippen LogP contribution < -0.4 is 4.90 Å². The molecule has 2 aliphatic rings. The molecule has 1 aliphatic heterocycles. The number of anilines is 1. The minimum absolute atomic E-state index is 0.826. The first-order valence-corrected chi connectivity index (χ1v) is 6.62. The number of piperidine rings is 1. The number of rotatable bonds is 1. The van der Waals surface area contributed by atoms with Gasteiger partial charge in [-0.05, 0) is 38.5 Å². The van der Waals surface area contributed by atoms with Crippen LogP contribution in [0.25, 0.3) is 0 Å². The number of H-pyrrole nitrogens is 1. The number of aryl methyl sites for hydroxylation is 1. The molecule has 1 aromatic rings. The lowest BCUT2D eigenvalue weighted by atomic mass is 10.1. The Morgan fingerprint density at radius 3 is 2.69 bits per heavy atom. The van der Waals surface area contributed by atoms with Gasteiger partial charge in [0.15, 0.2) is 0 Å². The van der Waals surface area contributed by atoms with E-state index in [1.807, 2.05) is 0 Å². The molecule has 2 heterocycles. The molecular weight excluding hydrogens is 218 g/mol. The van der Waals surface area contributed by atoms with Gasteiger partial charge in [0.25, 0.3) is 0 Å². The molecule has 0 amide bonds. The largest absolute Gasteiger partial charge is 0.342 e. The number of hydrogen-bond acceptors (Lipinski definition) is 3. The second-order valence-electron chi connectivity index (χ2n) is 4.72. The Kier molecular flexibility index (Phi) is 2.67. The van der Waals surface area contributed by atoms with Gasteiger partial charge in [-0.3, -0.25) is 0 Å². The van der Waals surface area contributed by atoms with Gasteiger partial charge in [-0.25, -0.2) is 4.98 Å². The van der Waals surface area contributed by atoms with Crippen LogP contribution in [0.3, 0.4) is 0 Å². The third-order valence-electron chi connectivity index (χ3n) is 3.60. The molecule has 0 aromatic carbocycles. The van der Waals surface area contributed by atoms with E-state index in [2.05, 4.69) is 14.9 Å². The third kappa shape index (κ3) is 1.75. The highest BCUT2D eigenvalue weighted by Gasteiger charge is 2.18. The Bertz CT molecular complexity index is 446. The molecule has 3 rings (SSSR count). The molecule has 0 spiro atoms. The molecule has 0 unspecified atom stereocenters. The molecule has 0 atom stereocenters. The van der Waals surface area contributed by atoms with E-state index >= 15 is 0 Å². The molecule has 0 saturated carbocycles. The fourth-order valence-electron chi connectivity index (χ4n) is 2.70. The zero-order valence-electron chi connectivity index (χ0n) is 9.46. The number of nitrogens with one attached hydrogen (secondary N) is 1. The van der Waals surface area contributed by atoms with Crippen molar-refractivity contribution in [3.63, 3.8) is 0 Å². The summed E-state index contributed by atoms with van der Waals surface area (Å²) in [5, 5.41) is 0. The van der Waals surface area contributed by atoms with Gasteiger partial charge < -0.3 is 9.88 Å². The van der Waals surface area contributed by atoms with E-state index in [1.165, 1.54) is 36.9 Å². The van der Waals surface area contributed by atoms with Gasteiger partial charge in [-0.1, -0.05) is 12.2 Å². The Morgan fingerprint density at radius 2 is 1.88 bits per heavy atom. The fraction of sp³-hybridized carbons (Fsp3) is 0.667. The first kappa shape index (κ1) is 10.3. The second kappa shape index (κ2) is 4.17. The summed E-state index contributed by atoms with van der Waals surface area (Å²) >= 11 is 5.38. The summed E-state index contributed by atoms with van der Waals surface area (Å²) in [6.07, 6.45) is 7.38. The van der Waals surface area contributed by atoms with E-state index in [9.17, 15) is 0 Å². The van der Waals surface area contributed by atoms with Gasteiger partial charge in [0.05, 0.1) is 0 Å². The molecule has 0 radical (unpaired) electrons. The molecular formula is C12H17N3S. The number of fused-ring (bicyclic) bond motifs is 1. The quantitative estimate of drug-likeness (QED) is 0.759. The predicted octanol–water partition coefficient (Wildman–Crippen LogP) is 2.62. The van der Waals surface area contributed by atoms with Gasteiger partial charge in [0, 0.05) is 24.3 Å². The van der Waals surface area contributed by atoms with Crippen LogP contribution in [0.2, 0.25) is 0 Å². The number of nitrogens with zero attached hydrogens (tertiary/aromatic N) is 2. The number of aromatic amines is 1. The summed E-state index contributed by atoms with van der Waals surface area (Å²) in [5.74, 6) is 1.00. The highest BCUT2D eigenvalue weighted by Crippen LogP contribution is 2.24. The highest BCUT2D eigenvalue weighted by atomic mass is 32.1. The van der Waals surface area contributed by atoms with E-state index in [4.69, 9.17) is 12.2 Å². The molecule has 1 saturated heterocycles. The smallest absolute Gasteiger partial charge is 0.204 e. The average Bonchev–Trinajstić information content (AvgIpc) is 2.79. The summed E-state index contributed by atoms with van der Waals surface area (Å²) < 4.78 is 0.826. The molecule has 1 aromatic heterocycles. The maximum atomic E-state index is 5.38. The van der Waals surface area contributed by atoms with Crippen molar-refractivity contribution in [3.8, 4) is 0 Å². The Balaban J connectivity index is 1.96. The molecule has 0 bridgehead atoms. The summed E-state index contributed by atoms with van der Waals surface area (Å²) in [5.41, 5.74) is 2.62. The van der Waals surface area contributed by atoms with E-state index in [-0.39, 0.29) is 0 Å². The van der Waals surface area contributed by atoms with Crippen molar-refractivity contribution < 1.29 is 0 Å². The topological polar surface area (TPSA) is 31.9 Å². The summed E-state index contributed by atoms with van der Waals surface area (Å²) in [7, 11) is 0. The van der Waals surface area contributed by atoms with E-state index in [1.54, 1.807) is 0 Å². The van der Waals surface area contributed by atoms with Crippen LogP contribution in [0.1, 0.15) is 36.9 Å². The standard InChI is InChI=1S/C12H17N3S/c16-11-9-5-4-6-10(9)13-12(14-11)15-7-2-1-3-8-15/h1-8H2,(H,13,14,16). The molecule has 3 nitrogen and oxygen atoms in total. The third-order valence-corrected chi connectivity index (χ3v) is 3.94. The zero-order chi connectivity index (χ0) is 11.0. The van der Waals surface area contributed by atoms with Crippen molar-refractivity contribution in [2.24, 2.45) is 0 Å². The van der Waals surface area contributed by atoms with E-state index < -0.39 is 0 Å². The fourth-order valence-corrected chi connectivity index (χ4v) is 3.01. The Hall–Kier alpha value is -0.900. The van der Waals surface area contributed by atoms with Crippen molar-refractivity contribution in [2.75, 3.05) is 18.0 Å². The van der Waals surface area contributed by atoms with Gasteiger partial charge in [-0.2, -0.15) is 0 Å². The predicted molar refractivity (Wildman–Crippen MR) is 67.5 cm³/mol. The Labute approximate surface area is 101 Å². The van der Waals surface area contributed by atoms with Gasteiger partial charge in [-0.15, -0.1) is 0 Å². The van der Waals surface area contributed by atoms with Crippen LogP contribution in [0, 0.1) is 4.64 Å². The minimum Gasteiger partial charge on any atom is -0.342 e. The van der Waals surface area contributed by atoms with E-state index in [0.29, 0.717) is 0 Å². The first-order valence-electron chi connectivity index (χ1n) is 6.21. The number of hydrogen-bond donors (Lipinski definition) is 1. The van der Waals surface area contributed by atoms with Gasteiger partial charge >= 0.3 is 0 Å². The van der Waals surface area contributed by atoms with Crippen molar-refractivity contribution in [3.05, 3.63) is 15.9 Å². The van der Waals surface area contributed by atoms with Crippen LogP contribution in [-0.2, 0) is 12.8 Å². The second-order valence-corrected chi connectivity index (χ2v) is 5.11. The highest BCUT2D eigenvalue weighted by molar-refractivity contribution is 7.71. The zero-order valence-corrected chi connectivity index (χ0v) is 10.3. The lowest BCUT2D eigenvalue weighted by molar-refractivity contribution is 0.567. The van der Waals surface area contributed by atoms with E-state index in [0.717, 1.165) is 36.5 Å². The van der Waals surface area contributed by atoms with Crippen molar-refractivity contribution >= 4 is 18.2 Å². The maximum absolute atomic E-state index is 5.38. The van der Waals surface area contributed by atoms with Gasteiger partial charge in [0.1, 0.15) is 4.64 Å². The maximum Gasteiger partial charge on any atom is 0.204 e. The molecule has 1 aliphatic carbocycles. The van der Waals surface area contributed by atoms with Crippen LogP contribution in [0.15, 0.2) is 0 Å². The summed E-state index contributed by atoms with van der Waals surface area (Å²) in [6.45, 7) is 2.24. The summed E-state index contributed by atoms with van der Waals surface area (Å²) in [4.78, 5) is 10.4. The van der Waals surface area contributed by atoms with Crippen molar-refractivity contribution in [1.29, 1.82) is 0 Å². The number of aromatic nitrogens is 2. The van der Waals surface area contributed by atoms with Gasteiger partial charge in [0.2, 0.25) is 5.95 Å². The van der Waals surface area contributed by atoms with Crippen molar-refractivity contribution in [2.45, 2.75) is 38.5 Å². The van der Waals surface area contributed by atoms with Crippen LogP contribution in [0.4, 0.5) is 5.95 Å². The van der Waals surface area contributed by atoms with Crippen LogP contribution in [0.5, 0.6) is 0 Å². The first-order chi connectivity index (χ1) is 7.84. The lowest BCUT2D eigenvalue weighted by Crippen LogP contribution is -2.31. The molecule has 1 N–H and O–H groups in total. The monoisotopic (exact) mass is 235 g/mol. The Morgan fingerprint density at radius 1 is 1.06 bits per heavy atom. The molecule has 86 valence electrons. The van der Waals surface area contributed by atoms with Crippen molar-refractivity contribution in [1.82, 2.24) is 9.97 Å². The normalized spacial score (nSPS) is 19.9. The molecule has 1 fully saturated rings. The molecule has 4 heteroatoms.